The number of hydrogen-bond donors (Lipinski definition) is 2. The summed E-state index contributed by atoms with van der Waals surface area (Å²) >= 11 is 0. The van der Waals surface area contributed by atoms with E-state index < -0.39 is 0 Å². The normalized spacial score (nSPS) is 12.0. The molecule has 0 unspecified atom stereocenters. The first kappa shape index (κ1) is 17.6. The van der Waals surface area contributed by atoms with Crippen LogP contribution in [0.5, 0.6) is 5.88 Å². The SMILES string of the molecule is CC(C)N(C)CCCNc1ccc(N)c(OC(C)(C)C)n1. The van der Waals surface area contributed by atoms with Crippen molar-refractivity contribution >= 4 is 11.5 Å². The lowest BCUT2D eigenvalue weighted by Gasteiger charge is -2.22. The zero-order chi connectivity index (χ0) is 16.0. The van der Waals surface area contributed by atoms with E-state index in [1.54, 1.807) is 0 Å². The van der Waals surface area contributed by atoms with Crippen molar-refractivity contribution in [3.63, 3.8) is 0 Å². The van der Waals surface area contributed by atoms with Crippen LogP contribution in [0.3, 0.4) is 0 Å². The smallest absolute Gasteiger partial charge is 0.239 e. The molecule has 1 aromatic heterocycles. The lowest BCUT2D eigenvalue weighted by Crippen LogP contribution is -2.28. The highest BCUT2D eigenvalue weighted by Crippen LogP contribution is 2.24. The summed E-state index contributed by atoms with van der Waals surface area (Å²) in [6, 6.07) is 4.29. The third-order valence-electron chi connectivity index (χ3n) is 3.17. The fourth-order valence-corrected chi connectivity index (χ4v) is 1.72. The van der Waals surface area contributed by atoms with Crippen molar-refractivity contribution in [3.05, 3.63) is 12.1 Å². The molecule has 1 heterocycles. The van der Waals surface area contributed by atoms with Gasteiger partial charge in [-0.15, -0.1) is 0 Å². The molecule has 21 heavy (non-hydrogen) atoms. The Morgan fingerprint density at radius 3 is 2.57 bits per heavy atom. The molecule has 0 saturated carbocycles. The van der Waals surface area contributed by atoms with E-state index in [1.165, 1.54) is 0 Å². The summed E-state index contributed by atoms with van der Waals surface area (Å²) in [6.07, 6.45) is 1.07. The summed E-state index contributed by atoms with van der Waals surface area (Å²) in [6.45, 7) is 12.3. The number of nitrogen functional groups attached to an aromatic ring is 1. The van der Waals surface area contributed by atoms with E-state index in [9.17, 15) is 0 Å². The van der Waals surface area contributed by atoms with E-state index in [2.05, 4.69) is 36.1 Å². The summed E-state index contributed by atoms with van der Waals surface area (Å²) in [4.78, 5) is 6.76. The lowest BCUT2D eigenvalue weighted by molar-refractivity contribution is 0.125. The van der Waals surface area contributed by atoms with Crippen LogP contribution in [0.15, 0.2) is 12.1 Å². The van der Waals surface area contributed by atoms with Gasteiger partial charge in [-0.25, -0.2) is 0 Å². The minimum atomic E-state index is -0.306. The molecule has 0 bridgehead atoms. The molecule has 0 spiro atoms. The van der Waals surface area contributed by atoms with E-state index in [0.717, 1.165) is 25.3 Å². The minimum Gasteiger partial charge on any atom is -0.470 e. The first-order valence-electron chi connectivity index (χ1n) is 7.58. The van der Waals surface area contributed by atoms with Crippen molar-refractivity contribution in [3.8, 4) is 5.88 Å². The molecule has 5 heteroatoms. The molecule has 0 aliphatic rings. The second kappa shape index (κ2) is 7.50. The molecule has 0 atom stereocenters. The van der Waals surface area contributed by atoms with Crippen LogP contribution in [-0.4, -0.2) is 41.7 Å². The molecular weight excluding hydrogens is 264 g/mol. The van der Waals surface area contributed by atoms with Crippen LogP contribution >= 0.6 is 0 Å². The van der Waals surface area contributed by atoms with E-state index in [1.807, 2.05) is 32.9 Å². The Bertz CT molecular complexity index is 440. The van der Waals surface area contributed by atoms with Gasteiger partial charge >= 0.3 is 0 Å². The first-order chi connectivity index (χ1) is 9.69. The number of hydrogen-bond acceptors (Lipinski definition) is 5. The van der Waals surface area contributed by atoms with Gasteiger partial charge in [0.05, 0.1) is 5.69 Å². The van der Waals surface area contributed by atoms with E-state index in [0.29, 0.717) is 17.6 Å². The summed E-state index contributed by atoms with van der Waals surface area (Å²) in [5.41, 5.74) is 6.16. The molecule has 0 aliphatic heterocycles. The van der Waals surface area contributed by atoms with Gasteiger partial charge in [-0.1, -0.05) is 0 Å². The number of nitrogens with one attached hydrogen (secondary N) is 1. The number of aromatic nitrogens is 1. The van der Waals surface area contributed by atoms with E-state index in [4.69, 9.17) is 10.5 Å². The highest BCUT2D eigenvalue weighted by molar-refractivity contribution is 5.53. The average molecular weight is 294 g/mol. The van der Waals surface area contributed by atoms with Crippen molar-refractivity contribution in [1.82, 2.24) is 9.88 Å². The van der Waals surface area contributed by atoms with Gasteiger partial charge in [0.1, 0.15) is 11.4 Å². The van der Waals surface area contributed by atoms with Crippen molar-refractivity contribution in [2.75, 3.05) is 31.2 Å². The zero-order valence-electron chi connectivity index (χ0n) is 14.2. The second-order valence-electron chi connectivity index (χ2n) is 6.66. The Morgan fingerprint density at radius 1 is 1.33 bits per heavy atom. The molecule has 120 valence electrons. The van der Waals surface area contributed by atoms with Gasteiger partial charge in [0.2, 0.25) is 5.88 Å². The zero-order valence-corrected chi connectivity index (χ0v) is 14.2. The topological polar surface area (TPSA) is 63.4 Å². The van der Waals surface area contributed by atoms with Crippen LogP contribution in [0.25, 0.3) is 0 Å². The average Bonchev–Trinajstić information content (AvgIpc) is 2.36. The largest absolute Gasteiger partial charge is 0.470 e. The summed E-state index contributed by atoms with van der Waals surface area (Å²) in [5, 5.41) is 3.32. The molecule has 0 aliphatic carbocycles. The van der Waals surface area contributed by atoms with Gasteiger partial charge in [-0.3, -0.25) is 0 Å². The van der Waals surface area contributed by atoms with Gasteiger partial charge in [-0.2, -0.15) is 4.98 Å². The van der Waals surface area contributed by atoms with Crippen LogP contribution < -0.4 is 15.8 Å². The number of ether oxygens (including phenoxy) is 1. The fourth-order valence-electron chi connectivity index (χ4n) is 1.72. The minimum absolute atomic E-state index is 0.306. The fraction of sp³-hybridized carbons (Fsp3) is 0.688. The molecule has 0 radical (unpaired) electrons. The maximum Gasteiger partial charge on any atom is 0.239 e. The van der Waals surface area contributed by atoms with Crippen molar-refractivity contribution < 1.29 is 4.74 Å². The Hall–Kier alpha value is -1.49. The van der Waals surface area contributed by atoms with Crippen LogP contribution in [-0.2, 0) is 0 Å². The number of nitrogens with two attached hydrogens (primary N) is 1. The molecule has 0 fully saturated rings. The molecule has 5 nitrogen and oxygen atoms in total. The third kappa shape index (κ3) is 6.67. The number of pyridine rings is 1. The number of nitrogens with zero attached hydrogens (tertiary/aromatic N) is 2. The quantitative estimate of drug-likeness (QED) is 0.757. The van der Waals surface area contributed by atoms with Crippen molar-refractivity contribution in [2.24, 2.45) is 0 Å². The Labute approximate surface area is 128 Å². The van der Waals surface area contributed by atoms with Crippen LogP contribution in [0.4, 0.5) is 11.5 Å². The van der Waals surface area contributed by atoms with Crippen LogP contribution in [0, 0.1) is 0 Å². The molecule has 3 N–H and O–H groups in total. The standard InChI is InChI=1S/C16H30N4O/c1-12(2)20(6)11-7-10-18-14-9-8-13(17)15(19-14)21-16(3,4)5/h8-9,12H,7,10-11,17H2,1-6H3,(H,18,19). The monoisotopic (exact) mass is 294 g/mol. The summed E-state index contributed by atoms with van der Waals surface area (Å²) in [5.74, 6) is 1.29. The molecular formula is C16H30N4O. The van der Waals surface area contributed by atoms with Gasteiger partial charge in [0, 0.05) is 12.6 Å². The predicted octanol–water partition coefficient (Wildman–Crippen LogP) is 2.98. The first-order valence-corrected chi connectivity index (χ1v) is 7.58. The molecule has 1 aromatic rings. The highest BCUT2D eigenvalue weighted by atomic mass is 16.5. The van der Waals surface area contributed by atoms with E-state index >= 15 is 0 Å². The summed E-state index contributed by atoms with van der Waals surface area (Å²) < 4.78 is 5.76. The van der Waals surface area contributed by atoms with Crippen molar-refractivity contribution in [2.45, 2.75) is 52.7 Å². The lowest BCUT2D eigenvalue weighted by atomic mass is 10.2. The van der Waals surface area contributed by atoms with Crippen LogP contribution in [0.2, 0.25) is 0 Å². The highest BCUT2D eigenvalue weighted by Gasteiger charge is 2.15. The predicted molar refractivity (Wildman–Crippen MR) is 89.9 cm³/mol. The van der Waals surface area contributed by atoms with Gasteiger partial charge in [0.25, 0.3) is 0 Å². The molecule has 0 saturated heterocycles. The van der Waals surface area contributed by atoms with E-state index in [-0.39, 0.29) is 5.60 Å². The molecule has 1 rings (SSSR count). The Balaban J connectivity index is 2.51. The number of anilines is 2. The van der Waals surface area contributed by atoms with Gasteiger partial charge in [0.15, 0.2) is 0 Å². The Kier molecular flexibility index (Phi) is 6.27. The van der Waals surface area contributed by atoms with Crippen LogP contribution in [0.1, 0.15) is 41.0 Å². The maximum absolute atomic E-state index is 5.90. The molecule has 0 amide bonds. The number of rotatable bonds is 7. The van der Waals surface area contributed by atoms with Gasteiger partial charge in [-0.05, 0) is 66.8 Å². The second-order valence-corrected chi connectivity index (χ2v) is 6.66. The Morgan fingerprint density at radius 2 is 2.00 bits per heavy atom. The maximum atomic E-state index is 5.90. The third-order valence-corrected chi connectivity index (χ3v) is 3.17. The van der Waals surface area contributed by atoms with Gasteiger partial charge < -0.3 is 20.7 Å². The molecule has 0 aromatic carbocycles. The van der Waals surface area contributed by atoms with Crippen molar-refractivity contribution in [1.29, 1.82) is 0 Å². The summed E-state index contributed by atoms with van der Waals surface area (Å²) in [7, 11) is 2.14.